The van der Waals surface area contributed by atoms with E-state index in [9.17, 15) is 9.59 Å². The summed E-state index contributed by atoms with van der Waals surface area (Å²) in [5.41, 5.74) is 2.06. The average molecular weight is 489 g/mol. The summed E-state index contributed by atoms with van der Waals surface area (Å²) in [5, 5.41) is 6.51. The maximum Gasteiger partial charge on any atom is 0.341 e. The van der Waals surface area contributed by atoms with Crippen LogP contribution >= 0.6 is 23.6 Å². The maximum absolute atomic E-state index is 12.6. The number of carbonyl (C=O) groups is 2. The van der Waals surface area contributed by atoms with Crippen molar-refractivity contribution >= 4 is 45.5 Å². The van der Waals surface area contributed by atoms with E-state index < -0.39 is 0 Å². The second-order valence-corrected chi connectivity index (χ2v) is 9.49. The molecule has 1 heterocycles. The molecule has 0 aliphatic heterocycles. The van der Waals surface area contributed by atoms with E-state index >= 15 is 0 Å². The minimum Gasteiger partial charge on any atom is -0.494 e. The van der Waals surface area contributed by atoms with Gasteiger partial charge in [0.2, 0.25) is 0 Å². The van der Waals surface area contributed by atoms with E-state index in [-0.39, 0.29) is 17.0 Å². The first-order valence-corrected chi connectivity index (χ1v) is 12.9. The molecule has 2 N–H and O–H groups in total. The molecule has 2 aromatic rings. The Morgan fingerprint density at radius 2 is 1.82 bits per heavy atom. The molecule has 0 unspecified atom stereocenters. The van der Waals surface area contributed by atoms with Crippen LogP contribution in [0.1, 0.15) is 83.5 Å². The van der Waals surface area contributed by atoms with Crippen LogP contribution in [0.4, 0.5) is 5.00 Å². The van der Waals surface area contributed by atoms with Gasteiger partial charge in [-0.25, -0.2) is 4.79 Å². The molecule has 0 spiro atoms. The Labute approximate surface area is 205 Å². The number of carbonyl (C=O) groups excluding carboxylic acids is 2. The van der Waals surface area contributed by atoms with Crippen LogP contribution in [0.15, 0.2) is 24.3 Å². The number of hydrogen-bond acceptors (Lipinski definition) is 6. The standard InChI is InChI=1S/C25H32N2O4S2/c1-3-5-6-7-8-16-31-18-14-12-17(13-15-18)22(28)26-25(32)27-23-21(24(29)30-4-2)19-10-9-11-20(19)33-23/h12-15H,3-11,16H2,1-2H3,(H2,26,27,28,32). The van der Waals surface area contributed by atoms with Crippen LogP contribution in [0.2, 0.25) is 0 Å². The quantitative estimate of drug-likeness (QED) is 0.233. The van der Waals surface area contributed by atoms with Gasteiger partial charge in [-0.3, -0.25) is 10.1 Å². The summed E-state index contributed by atoms with van der Waals surface area (Å²) in [6.45, 7) is 4.97. The molecule has 1 aromatic heterocycles. The van der Waals surface area contributed by atoms with E-state index in [0.717, 1.165) is 37.0 Å². The largest absolute Gasteiger partial charge is 0.494 e. The molecule has 33 heavy (non-hydrogen) atoms. The summed E-state index contributed by atoms with van der Waals surface area (Å²) in [5.74, 6) is 0.0739. The first-order chi connectivity index (χ1) is 16.0. The monoisotopic (exact) mass is 488 g/mol. The number of rotatable bonds is 11. The first-order valence-electron chi connectivity index (χ1n) is 11.7. The normalized spacial score (nSPS) is 12.2. The zero-order valence-corrected chi connectivity index (χ0v) is 21.0. The van der Waals surface area contributed by atoms with Gasteiger partial charge in [0.05, 0.1) is 18.8 Å². The number of ether oxygens (including phenoxy) is 2. The average Bonchev–Trinajstić information content (AvgIpc) is 3.37. The SMILES string of the molecule is CCCCCCCOc1ccc(C(=O)NC(=S)Nc2sc3c(c2C(=O)OCC)CCC3)cc1. The molecule has 1 aliphatic rings. The van der Waals surface area contributed by atoms with Crippen LogP contribution in [0.5, 0.6) is 5.75 Å². The van der Waals surface area contributed by atoms with Crippen LogP contribution in [-0.2, 0) is 17.6 Å². The lowest BCUT2D eigenvalue weighted by Crippen LogP contribution is -2.34. The van der Waals surface area contributed by atoms with Gasteiger partial charge in [-0.2, -0.15) is 0 Å². The highest BCUT2D eigenvalue weighted by Crippen LogP contribution is 2.39. The number of thiophene rings is 1. The van der Waals surface area contributed by atoms with E-state index in [1.54, 1.807) is 31.2 Å². The molecule has 1 amide bonds. The third-order valence-corrected chi connectivity index (χ3v) is 6.90. The Hall–Kier alpha value is -2.45. The maximum atomic E-state index is 12.6. The highest BCUT2D eigenvalue weighted by molar-refractivity contribution is 7.80. The molecule has 1 aliphatic carbocycles. The molecule has 1 aromatic carbocycles. The van der Waals surface area contributed by atoms with Crippen molar-refractivity contribution in [1.29, 1.82) is 0 Å². The van der Waals surface area contributed by atoms with Crippen molar-refractivity contribution < 1.29 is 19.1 Å². The predicted molar refractivity (Wildman–Crippen MR) is 137 cm³/mol. The van der Waals surface area contributed by atoms with Gasteiger partial charge in [-0.15, -0.1) is 11.3 Å². The molecule has 0 fully saturated rings. The molecule has 0 bridgehead atoms. The highest BCUT2D eigenvalue weighted by atomic mass is 32.1. The molecule has 0 saturated carbocycles. The molecule has 0 saturated heterocycles. The van der Waals surface area contributed by atoms with Crippen molar-refractivity contribution in [3.63, 3.8) is 0 Å². The summed E-state index contributed by atoms with van der Waals surface area (Å²) in [7, 11) is 0. The fraction of sp³-hybridized carbons (Fsp3) is 0.480. The fourth-order valence-corrected chi connectivity index (χ4v) is 5.36. The van der Waals surface area contributed by atoms with Crippen molar-refractivity contribution in [3.05, 3.63) is 45.8 Å². The van der Waals surface area contributed by atoms with E-state index in [0.29, 0.717) is 29.3 Å². The van der Waals surface area contributed by atoms with Gasteiger partial charge >= 0.3 is 5.97 Å². The number of nitrogens with one attached hydrogen (secondary N) is 2. The molecule has 6 nitrogen and oxygen atoms in total. The van der Waals surface area contributed by atoms with Crippen LogP contribution in [0, 0.1) is 0 Å². The zero-order valence-electron chi connectivity index (χ0n) is 19.3. The summed E-state index contributed by atoms with van der Waals surface area (Å²) in [6, 6.07) is 7.02. The summed E-state index contributed by atoms with van der Waals surface area (Å²) in [4.78, 5) is 26.3. The van der Waals surface area contributed by atoms with E-state index in [4.69, 9.17) is 21.7 Å². The zero-order chi connectivity index (χ0) is 23.6. The van der Waals surface area contributed by atoms with Crippen molar-refractivity contribution in [2.45, 2.75) is 65.2 Å². The number of unbranched alkanes of at least 4 members (excludes halogenated alkanes) is 4. The molecular formula is C25H32N2O4S2. The number of amides is 1. The van der Waals surface area contributed by atoms with Crippen molar-refractivity contribution in [2.75, 3.05) is 18.5 Å². The molecule has 0 radical (unpaired) electrons. The topological polar surface area (TPSA) is 76.7 Å². The molecule has 0 atom stereocenters. The number of anilines is 1. The third kappa shape index (κ3) is 7.01. The molecule has 178 valence electrons. The van der Waals surface area contributed by atoms with Gasteiger partial charge in [-0.05, 0) is 74.7 Å². The van der Waals surface area contributed by atoms with E-state index in [2.05, 4.69) is 17.6 Å². The summed E-state index contributed by atoms with van der Waals surface area (Å²) < 4.78 is 11.0. The van der Waals surface area contributed by atoms with E-state index in [1.165, 1.54) is 41.9 Å². The van der Waals surface area contributed by atoms with Crippen LogP contribution in [0.3, 0.4) is 0 Å². The lowest BCUT2D eigenvalue weighted by atomic mass is 10.1. The van der Waals surface area contributed by atoms with Gasteiger partial charge in [0.25, 0.3) is 5.91 Å². The molecule has 8 heteroatoms. The Bertz CT molecular complexity index is 970. The van der Waals surface area contributed by atoms with Gasteiger partial charge in [0.15, 0.2) is 5.11 Å². The second kappa shape index (κ2) is 12.7. The lowest BCUT2D eigenvalue weighted by molar-refractivity contribution is 0.0527. The summed E-state index contributed by atoms with van der Waals surface area (Å²) >= 11 is 6.85. The van der Waals surface area contributed by atoms with E-state index in [1.807, 2.05) is 0 Å². The number of fused-ring (bicyclic) bond motifs is 1. The van der Waals surface area contributed by atoms with Crippen LogP contribution in [-0.4, -0.2) is 30.2 Å². The van der Waals surface area contributed by atoms with Crippen LogP contribution < -0.4 is 15.4 Å². The lowest BCUT2D eigenvalue weighted by Gasteiger charge is -2.11. The molecular weight excluding hydrogens is 456 g/mol. The Kier molecular flexibility index (Phi) is 9.69. The number of esters is 1. The Morgan fingerprint density at radius 1 is 1.06 bits per heavy atom. The van der Waals surface area contributed by atoms with Crippen molar-refractivity contribution in [2.24, 2.45) is 0 Å². The third-order valence-electron chi connectivity index (χ3n) is 5.49. The van der Waals surface area contributed by atoms with Gasteiger partial charge < -0.3 is 14.8 Å². The predicted octanol–water partition coefficient (Wildman–Crippen LogP) is 5.89. The minimum atomic E-state index is -0.352. The van der Waals surface area contributed by atoms with Crippen LogP contribution in [0.25, 0.3) is 0 Å². The number of hydrogen-bond donors (Lipinski definition) is 2. The second-order valence-electron chi connectivity index (χ2n) is 7.98. The van der Waals surface area contributed by atoms with Crippen molar-refractivity contribution in [3.8, 4) is 5.75 Å². The van der Waals surface area contributed by atoms with Gasteiger partial charge in [-0.1, -0.05) is 32.6 Å². The summed E-state index contributed by atoms with van der Waals surface area (Å²) in [6.07, 6.45) is 8.76. The Balaban J connectivity index is 1.53. The first kappa shape index (κ1) is 25.2. The smallest absolute Gasteiger partial charge is 0.341 e. The molecule has 3 rings (SSSR count). The minimum absolute atomic E-state index is 0.151. The van der Waals surface area contributed by atoms with Gasteiger partial charge in [0, 0.05) is 10.4 Å². The number of aryl methyl sites for hydroxylation is 1. The van der Waals surface area contributed by atoms with Crippen molar-refractivity contribution in [1.82, 2.24) is 5.32 Å². The van der Waals surface area contributed by atoms with Gasteiger partial charge in [0.1, 0.15) is 10.8 Å². The number of thiocarbonyl (C=S) groups is 1. The Morgan fingerprint density at radius 3 is 2.55 bits per heavy atom. The fourth-order valence-electron chi connectivity index (χ4n) is 3.82. The highest BCUT2D eigenvalue weighted by Gasteiger charge is 2.28. The number of benzene rings is 1.